The van der Waals surface area contributed by atoms with Crippen LogP contribution in [-0.2, 0) is 19.1 Å². The summed E-state index contributed by atoms with van der Waals surface area (Å²) in [5.74, 6) is -0.372. The lowest BCUT2D eigenvalue weighted by Crippen LogP contribution is -2.34. The van der Waals surface area contributed by atoms with E-state index in [-0.39, 0.29) is 18.8 Å². The number of anilines is 1. The Hall–Kier alpha value is -2.42. The zero-order valence-corrected chi connectivity index (χ0v) is 13.7. The van der Waals surface area contributed by atoms with Gasteiger partial charge in [-0.25, -0.2) is 0 Å². The molecule has 2 N–H and O–H groups in total. The fraction of sp³-hybridized carbons (Fsp3) is 0.375. The van der Waals surface area contributed by atoms with Gasteiger partial charge in [0.15, 0.2) is 6.29 Å². The third kappa shape index (κ3) is 3.56. The zero-order valence-electron chi connectivity index (χ0n) is 13.7. The normalized spacial score (nSPS) is 14.4. The molecule has 130 valence electrons. The lowest BCUT2D eigenvalue weighted by molar-refractivity contribution is -0.137. The van der Waals surface area contributed by atoms with Gasteiger partial charge in [0.25, 0.3) is 11.8 Å². The SMILES string of the molecule is COc1ccc(NC2=CC(=O)N(CCO)C2=O)c(C(OC)OC)c1. The predicted molar refractivity (Wildman–Crippen MR) is 85.3 cm³/mol. The molecule has 1 aromatic carbocycles. The van der Waals surface area contributed by atoms with Crippen LogP contribution in [-0.4, -0.2) is 56.3 Å². The first kappa shape index (κ1) is 17.9. The molecule has 0 radical (unpaired) electrons. The number of aliphatic hydroxyl groups excluding tert-OH is 1. The molecule has 1 heterocycles. The van der Waals surface area contributed by atoms with E-state index >= 15 is 0 Å². The second kappa shape index (κ2) is 7.91. The summed E-state index contributed by atoms with van der Waals surface area (Å²) in [5, 5.41) is 11.9. The number of ether oxygens (including phenoxy) is 3. The van der Waals surface area contributed by atoms with Crippen LogP contribution < -0.4 is 10.1 Å². The first-order chi connectivity index (χ1) is 11.5. The van der Waals surface area contributed by atoms with Gasteiger partial charge in [-0.05, 0) is 18.2 Å². The standard InChI is InChI=1S/C16H20N2O6/c1-22-10-4-5-12(11(8-10)16(23-2)24-3)17-13-9-14(20)18(6-7-19)15(13)21/h4-5,8-9,16-17,19H,6-7H2,1-3H3. The summed E-state index contributed by atoms with van der Waals surface area (Å²) in [6.07, 6.45) is 0.518. The molecule has 0 aromatic heterocycles. The highest BCUT2D eigenvalue weighted by molar-refractivity contribution is 6.17. The molecule has 0 saturated heterocycles. The number of amides is 2. The van der Waals surface area contributed by atoms with Crippen molar-refractivity contribution in [2.24, 2.45) is 0 Å². The second-order valence-electron chi connectivity index (χ2n) is 4.96. The Bertz CT molecular complexity index is 654. The number of β-amino-alcohol motifs (C(OH)–C–C–N with tert-alkyl or cyclic N) is 1. The van der Waals surface area contributed by atoms with E-state index in [1.165, 1.54) is 27.4 Å². The van der Waals surface area contributed by atoms with Crippen LogP contribution in [0.5, 0.6) is 5.75 Å². The molecule has 1 aromatic rings. The van der Waals surface area contributed by atoms with Crippen molar-refractivity contribution < 1.29 is 28.9 Å². The van der Waals surface area contributed by atoms with Gasteiger partial charge >= 0.3 is 0 Å². The average Bonchev–Trinajstić information content (AvgIpc) is 2.85. The van der Waals surface area contributed by atoms with Gasteiger partial charge in [0.2, 0.25) is 0 Å². The second-order valence-corrected chi connectivity index (χ2v) is 4.96. The number of rotatable bonds is 8. The molecule has 24 heavy (non-hydrogen) atoms. The highest BCUT2D eigenvalue weighted by Gasteiger charge is 2.31. The monoisotopic (exact) mass is 336 g/mol. The van der Waals surface area contributed by atoms with Crippen molar-refractivity contribution in [1.82, 2.24) is 4.90 Å². The molecular weight excluding hydrogens is 316 g/mol. The number of carbonyl (C=O) groups is 2. The van der Waals surface area contributed by atoms with Crippen molar-refractivity contribution in [1.29, 1.82) is 0 Å². The van der Waals surface area contributed by atoms with Crippen molar-refractivity contribution in [3.8, 4) is 5.75 Å². The van der Waals surface area contributed by atoms with Crippen LogP contribution in [0.15, 0.2) is 30.0 Å². The van der Waals surface area contributed by atoms with E-state index in [0.717, 1.165) is 4.90 Å². The number of nitrogens with one attached hydrogen (secondary N) is 1. The Labute approximate surface area is 139 Å². The number of aliphatic hydroxyl groups is 1. The van der Waals surface area contributed by atoms with Gasteiger partial charge in [-0.15, -0.1) is 0 Å². The lowest BCUT2D eigenvalue weighted by Gasteiger charge is -2.20. The summed E-state index contributed by atoms with van der Waals surface area (Å²) in [4.78, 5) is 25.0. The Balaban J connectivity index is 2.31. The van der Waals surface area contributed by atoms with E-state index in [9.17, 15) is 9.59 Å². The Morgan fingerprint density at radius 2 is 1.92 bits per heavy atom. The summed E-state index contributed by atoms with van der Waals surface area (Å²) in [5.41, 5.74) is 1.27. The third-order valence-electron chi connectivity index (χ3n) is 3.54. The molecule has 1 aliphatic heterocycles. The van der Waals surface area contributed by atoms with Crippen molar-refractivity contribution in [2.75, 3.05) is 39.8 Å². The van der Waals surface area contributed by atoms with Crippen LogP contribution >= 0.6 is 0 Å². The Morgan fingerprint density at radius 3 is 2.50 bits per heavy atom. The number of methoxy groups -OCH3 is 3. The largest absolute Gasteiger partial charge is 0.497 e. The van der Waals surface area contributed by atoms with E-state index in [2.05, 4.69) is 5.32 Å². The third-order valence-corrected chi connectivity index (χ3v) is 3.54. The van der Waals surface area contributed by atoms with E-state index < -0.39 is 18.1 Å². The van der Waals surface area contributed by atoms with Crippen LogP contribution in [0.2, 0.25) is 0 Å². The van der Waals surface area contributed by atoms with E-state index in [1.807, 2.05) is 0 Å². The van der Waals surface area contributed by atoms with Crippen molar-refractivity contribution in [2.45, 2.75) is 6.29 Å². The predicted octanol–water partition coefficient (Wildman–Crippen LogP) is 0.643. The molecule has 0 aliphatic carbocycles. The molecule has 0 spiro atoms. The first-order valence-corrected chi connectivity index (χ1v) is 7.24. The molecule has 0 fully saturated rings. The first-order valence-electron chi connectivity index (χ1n) is 7.24. The van der Waals surface area contributed by atoms with Crippen LogP contribution in [0.3, 0.4) is 0 Å². The van der Waals surface area contributed by atoms with E-state index in [0.29, 0.717) is 17.0 Å². The van der Waals surface area contributed by atoms with Crippen molar-refractivity contribution >= 4 is 17.5 Å². The quantitative estimate of drug-likeness (QED) is 0.531. The maximum Gasteiger partial charge on any atom is 0.277 e. The van der Waals surface area contributed by atoms with Crippen molar-refractivity contribution in [3.63, 3.8) is 0 Å². The fourth-order valence-corrected chi connectivity index (χ4v) is 2.38. The number of nitrogens with zero attached hydrogens (tertiary/aromatic N) is 1. The maximum atomic E-state index is 12.2. The van der Waals surface area contributed by atoms with Crippen LogP contribution in [0, 0.1) is 0 Å². The molecule has 2 rings (SSSR count). The number of carbonyl (C=O) groups excluding carboxylic acids is 2. The molecular formula is C16H20N2O6. The Kier molecular flexibility index (Phi) is 5.91. The molecule has 1 aliphatic rings. The van der Waals surface area contributed by atoms with Gasteiger partial charge in [-0.3, -0.25) is 14.5 Å². The Morgan fingerprint density at radius 1 is 1.21 bits per heavy atom. The molecule has 0 bridgehead atoms. The molecule has 2 amide bonds. The van der Waals surface area contributed by atoms with Gasteiger partial charge in [0.05, 0.1) is 20.3 Å². The van der Waals surface area contributed by atoms with Crippen molar-refractivity contribution in [3.05, 3.63) is 35.5 Å². The van der Waals surface area contributed by atoms with Gasteiger partial charge in [-0.1, -0.05) is 0 Å². The molecule has 0 atom stereocenters. The number of hydrogen-bond acceptors (Lipinski definition) is 7. The summed E-state index contributed by atoms with van der Waals surface area (Å²) in [6.45, 7) is -0.338. The van der Waals surface area contributed by atoms with Crippen LogP contribution in [0.4, 0.5) is 5.69 Å². The molecule has 0 saturated carbocycles. The minimum absolute atomic E-state index is 0.0480. The van der Waals surface area contributed by atoms with Gasteiger partial charge < -0.3 is 24.6 Å². The number of benzene rings is 1. The summed E-state index contributed by atoms with van der Waals surface area (Å²) >= 11 is 0. The van der Waals surface area contributed by atoms with Crippen LogP contribution in [0.1, 0.15) is 11.9 Å². The summed E-state index contributed by atoms with van der Waals surface area (Å²) in [7, 11) is 4.52. The van der Waals surface area contributed by atoms with Crippen LogP contribution in [0.25, 0.3) is 0 Å². The van der Waals surface area contributed by atoms with E-state index in [4.69, 9.17) is 19.3 Å². The topological polar surface area (TPSA) is 97.3 Å². The maximum absolute atomic E-state index is 12.2. The number of hydrogen-bond donors (Lipinski definition) is 2. The molecule has 8 nitrogen and oxygen atoms in total. The lowest BCUT2D eigenvalue weighted by atomic mass is 10.1. The summed E-state index contributed by atoms with van der Waals surface area (Å²) < 4.78 is 15.7. The molecule has 8 heteroatoms. The molecule has 0 unspecified atom stereocenters. The van der Waals surface area contributed by atoms with E-state index in [1.54, 1.807) is 18.2 Å². The highest BCUT2D eigenvalue weighted by atomic mass is 16.7. The summed E-state index contributed by atoms with van der Waals surface area (Å²) in [6, 6.07) is 5.13. The minimum atomic E-state index is -0.677. The average molecular weight is 336 g/mol. The zero-order chi connectivity index (χ0) is 17.7. The van der Waals surface area contributed by atoms with Gasteiger partial charge in [-0.2, -0.15) is 0 Å². The number of imide groups is 1. The fourth-order valence-electron chi connectivity index (χ4n) is 2.38. The van der Waals surface area contributed by atoms with Gasteiger partial charge in [0.1, 0.15) is 11.4 Å². The minimum Gasteiger partial charge on any atom is -0.497 e. The smallest absolute Gasteiger partial charge is 0.277 e. The highest BCUT2D eigenvalue weighted by Crippen LogP contribution is 2.31. The van der Waals surface area contributed by atoms with Gasteiger partial charge in [0, 0.05) is 31.5 Å².